The molecule has 3 aliphatic heterocycles. The van der Waals surface area contributed by atoms with Crippen molar-refractivity contribution in [2.24, 2.45) is 11.7 Å². The number of hydrogen-bond donors (Lipinski definition) is 2. The van der Waals surface area contributed by atoms with Crippen molar-refractivity contribution < 1.29 is 28.2 Å². The summed E-state index contributed by atoms with van der Waals surface area (Å²) >= 11 is 0. The fourth-order valence-corrected chi connectivity index (χ4v) is 4.58. The van der Waals surface area contributed by atoms with Gasteiger partial charge in [-0.1, -0.05) is 0 Å². The van der Waals surface area contributed by atoms with E-state index in [-0.39, 0.29) is 35.7 Å². The molecule has 1 aromatic carbocycles. The summed E-state index contributed by atoms with van der Waals surface area (Å²) in [5, 5.41) is 9.88. The maximum absolute atomic E-state index is 14.4. The Kier molecular flexibility index (Phi) is 6.35. The lowest BCUT2D eigenvalue weighted by Crippen LogP contribution is -2.52. The van der Waals surface area contributed by atoms with Gasteiger partial charge in [0.05, 0.1) is 24.0 Å². The fourth-order valence-electron chi connectivity index (χ4n) is 4.58. The average molecular weight is 444 g/mol. The van der Waals surface area contributed by atoms with Crippen LogP contribution in [0, 0.1) is 11.7 Å². The van der Waals surface area contributed by atoms with Gasteiger partial charge in [-0.05, 0) is 38.3 Å². The highest BCUT2D eigenvalue weighted by Crippen LogP contribution is 2.48. The van der Waals surface area contributed by atoms with Gasteiger partial charge in [-0.2, -0.15) is 0 Å². The second-order valence-electron chi connectivity index (χ2n) is 7.82. The number of carboxylic acid groups (broad SMARTS) is 1. The minimum absolute atomic E-state index is 0. The van der Waals surface area contributed by atoms with E-state index < -0.39 is 36.5 Å². The van der Waals surface area contributed by atoms with Crippen LogP contribution in [-0.4, -0.2) is 53.8 Å². The van der Waals surface area contributed by atoms with Crippen LogP contribution in [0.25, 0.3) is 0 Å². The lowest BCUT2D eigenvalue weighted by Gasteiger charge is -2.46. The van der Waals surface area contributed by atoms with Gasteiger partial charge < -0.3 is 20.5 Å². The number of nitrogens with zero attached hydrogens (tertiary/aromatic N) is 2. The SMILES string of the molecule is C[C@H]1C(=O)Oc2cc(F)cc3c2N1C=C(C(=O)O)C3N1CC[C@@H](CCF)[C@H](N)C1.Cl. The zero-order valence-corrected chi connectivity index (χ0v) is 17.2. The highest BCUT2D eigenvalue weighted by Gasteiger charge is 2.44. The van der Waals surface area contributed by atoms with E-state index in [2.05, 4.69) is 0 Å². The topological polar surface area (TPSA) is 96.1 Å². The van der Waals surface area contributed by atoms with E-state index in [9.17, 15) is 23.5 Å². The molecule has 30 heavy (non-hydrogen) atoms. The number of aliphatic carboxylic acids is 1. The van der Waals surface area contributed by atoms with Crippen LogP contribution >= 0.6 is 12.4 Å². The molecule has 4 atom stereocenters. The van der Waals surface area contributed by atoms with Crippen LogP contribution in [0.15, 0.2) is 23.9 Å². The average Bonchev–Trinajstić information content (AvgIpc) is 2.66. The normalized spacial score (nSPS) is 28.2. The Morgan fingerprint density at radius 1 is 1.40 bits per heavy atom. The van der Waals surface area contributed by atoms with Crippen molar-refractivity contribution in [2.75, 3.05) is 24.7 Å². The number of carbonyl (C=O) groups excluding carboxylic acids is 1. The minimum Gasteiger partial charge on any atom is -0.478 e. The van der Waals surface area contributed by atoms with Gasteiger partial charge in [-0.3, -0.25) is 9.29 Å². The minimum atomic E-state index is -1.16. The van der Waals surface area contributed by atoms with E-state index in [1.165, 1.54) is 17.2 Å². The predicted molar refractivity (Wildman–Crippen MR) is 108 cm³/mol. The first-order chi connectivity index (χ1) is 13.8. The van der Waals surface area contributed by atoms with Crippen LogP contribution in [0.3, 0.4) is 0 Å². The molecule has 1 aromatic rings. The number of esters is 1. The number of nitrogens with two attached hydrogens (primary N) is 1. The van der Waals surface area contributed by atoms with Gasteiger partial charge in [0, 0.05) is 30.4 Å². The monoisotopic (exact) mass is 443 g/mol. The van der Waals surface area contributed by atoms with Crippen LogP contribution in [0.1, 0.15) is 31.4 Å². The predicted octanol–water partition coefficient (Wildman–Crippen LogP) is 2.39. The number of anilines is 1. The molecule has 7 nitrogen and oxygen atoms in total. The number of carboxylic acids is 1. The third-order valence-electron chi connectivity index (χ3n) is 6.09. The highest BCUT2D eigenvalue weighted by atomic mass is 35.5. The Labute approximate surface area is 178 Å². The van der Waals surface area contributed by atoms with E-state index in [0.29, 0.717) is 37.2 Å². The number of rotatable bonds is 4. The maximum atomic E-state index is 14.4. The molecule has 10 heteroatoms. The van der Waals surface area contributed by atoms with E-state index in [0.717, 1.165) is 6.07 Å². The number of alkyl halides is 1. The van der Waals surface area contributed by atoms with Gasteiger partial charge >= 0.3 is 11.9 Å². The molecule has 4 rings (SSSR count). The Morgan fingerprint density at radius 3 is 2.77 bits per heavy atom. The highest BCUT2D eigenvalue weighted by molar-refractivity contribution is 5.96. The Morgan fingerprint density at radius 2 is 2.13 bits per heavy atom. The molecule has 1 unspecified atom stereocenters. The zero-order chi connectivity index (χ0) is 20.9. The summed E-state index contributed by atoms with van der Waals surface area (Å²) in [5.41, 5.74) is 7.19. The van der Waals surface area contributed by atoms with Gasteiger partial charge in [0.25, 0.3) is 0 Å². The number of halogens is 3. The lowest BCUT2D eigenvalue weighted by atomic mass is 9.85. The van der Waals surface area contributed by atoms with Crippen molar-refractivity contribution >= 4 is 30.0 Å². The van der Waals surface area contributed by atoms with Gasteiger partial charge in [-0.25, -0.2) is 14.0 Å². The molecule has 0 aliphatic carbocycles. The van der Waals surface area contributed by atoms with E-state index in [1.54, 1.807) is 6.92 Å². The van der Waals surface area contributed by atoms with E-state index in [1.807, 2.05) is 4.90 Å². The second-order valence-corrected chi connectivity index (χ2v) is 7.82. The summed E-state index contributed by atoms with van der Waals surface area (Å²) in [6.07, 6.45) is 2.43. The third kappa shape index (κ3) is 3.66. The summed E-state index contributed by atoms with van der Waals surface area (Å²) in [6.45, 7) is 2.03. The maximum Gasteiger partial charge on any atom is 0.335 e. The first-order valence-corrected chi connectivity index (χ1v) is 9.66. The van der Waals surface area contributed by atoms with Crippen molar-refractivity contribution in [2.45, 2.75) is 37.9 Å². The van der Waals surface area contributed by atoms with E-state index >= 15 is 0 Å². The summed E-state index contributed by atoms with van der Waals surface area (Å²) in [7, 11) is 0. The first kappa shape index (κ1) is 22.5. The largest absolute Gasteiger partial charge is 0.478 e. The molecule has 0 saturated carbocycles. The molecule has 1 saturated heterocycles. The van der Waals surface area contributed by atoms with Crippen LogP contribution < -0.4 is 15.4 Å². The molecule has 0 spiro atoms. The fraction of sp³-hybridized carbons (Fsp3) is 0.500. The number of hydrogen-bond acceptors (Lipinski definition) is 6. The van der Waals surface area contributed by atoms with Gasteiger partial charge in [0.2, 0.25) is 0 Å². The number of piperidine rings is 1. The van der Waals surface area contributed by atoms with Crippen LogP contribution in [0.5, 0.6) is 5.75 Å². The van der Waals surface area contributed by atoms with Crippen molar-refractivity contribution in [1.29, 1.82) is 0 Å². The molecule has 0 amide bonds. The molecule has 0 radical (unpaired) electrons. The van der Waals surface area contributed by atoms with Crippen LogP contribution in [0.2, 0.25) is 0 Å². The standard InChI is InChI=1S/C20H23F2N3O4.ClH/c1-10-20(28)29-16-7-12(22)6-13-17(14(19(26)27)8-25(10)18(13)16)24-5-3-11(2-4-21)15(23)9-24;/h6-8,10-11,15,17H,2-5,9,23H2,1H3,(H,26,27);1H/t10-,11+,15+,17?;/m0./s1. The summed E-state index contributed by atoms with van der Waals surface area (Å²) < 4.78 is 32.4. The third-order valence-corrected chi connectivity index (χ3v) is 6.09. The van der Waals surface area contributed by atoms with Crippen molar-refractivity contribution in [3.63, 3.8) is 0 Å². The molecule has 0 aromatic heterocycles. The Balaban J connectivity index is 0.00000256. The smallest absolute Gasteiger partial charge is 0.335 e. The summed E-state index contributed by atoms with van der Waals surface area (Å²) in [5.74, 6) is -2.25. The molecule has 3 heterocycles. The zero-order valence-electron chi connectivity index (χ0n) is 16.4. The number of likely N-dealkylation sites (tertiary alicyclic amines) is 1. The lowest BCUT2D eigenvalue weighted by molar-refractivity contribution is -0.137. The Bertz CT molecular complexity index is 897. The van der Waals surface area contributed by atoms with E-state index in [4.69, 9.17) is 10.5 Å². The summed E-state index contributed by atoms with van der Waals surface area (Å²) in [6, 6.07) is 0.631. The number of benzene rings is 1. The van der Waals surface area contributed by atoms with Crippen molar-refractivity contribution in [3.8, 4) is 5.75 Å². The first-order valence-electron chi connectivity index (χ1n) is 9.66. The van der Waals surface area contributed by atoms with Gasteiger partial charge in [0.1, 0.15) is 11.9 Å². The molecular weight excluding hydrogens is 420 g/mol. The second kappa shape index (κ2) is 8.49. The van der Waals surface area contributed by atoms with Crippen LogP contribution in [0.4, 0.5) is 14.5 Å². The number of carbonyl (C=O) groups is 2. The summed E-state index contributed by atoms with van der Waals surface area (Å²) in [4.78, 5) is 27.7. The van der Waals surface area contributed by atoms with Crippen LogP contribution in [-0.2, 0) is 9.59 Å². The molecule has 1 fully saturated rings. The van der Waals surface area contributed by atoms with Gasteiger partial charge in [0.15, 0.2) is 5.75 Å². The molecular formula is C20H24ClF2N3O4. The van der Waals surface area contributed by atoms with Gasteiger partial charge in [-0.15, -0.1) is 12.4 Å². The van der Waals surface area contributed by atoms with Crippen molar-refractivity contribution in [1.82, 2.24) is 4.90 Å². The quantitative estimate of drug-likeness (QED) is 0.545. The molecule has 3 N–H and O–H groups in total. The van der Waals surface area contributed by atoms with Crippen molar-refractivity contribution in [3.05, 3.63) is 35.3 Å². The molecule has 0 bridgehead atoms. The Hall–Kier alpha value is -2.23. The molecule has 3 aliphatic rings. The number of ether oxygens (including phenoxy) is 1. The molecule has 164 valence electrons.